The number of carbonyl (C=O) groups excluding carboxylic acids is 1. The van der Waals surface area contributed by atoms with Crippen molar-refractivity contribution in [3.63, 3.8) is 0 Å². The fourth-order valence-electron chi connectivity index (χ4n) is 4.09. The number of hydrogen-bond donors (Lipinski definition) is 0. The van der Waals surface area contributed by atoms with E-state index in [0.717, 1.165) is 55.3 Å². The monoisotopic (exact) mass is 406 g/mol. The summed E-state index contributed by atoms with van der Waals surface area (Å²) in [6.45, 7) is 3.60. The van der Waals surface area contributed by atoms with Gasteiger partial charge in [-0.3, -0.25) is 9.36 Å². The first kappa shape index (κ1) is 20.3. The maximum absolute atomic E-state index is 13.0. The zero-order valence-corrected chi connectivity index (χ0v) is 17.3. The summed E-state index contributed by atoms with van der Waals surface area (Å²) in [6.07, 6.45) is 7.57. The molecule has 6 heteroatoms. The molecule has 1 fully saturated rings. The standard InChI is InChI=1S/C24H27FN4O/c1-2-22-26-14-17-29(22)23-5-3-4-21(27-23)19-12-15-28(16-13-19)24(30)11-8-18-6-9-20(25)10-7-18/h3-7,9-10,14,17,19H,2,8,11-13,15-16H2,1H3. The third-order valence-corrected chi connectivity index (χ3v) is 5.84. The summed E-state index contributed by atoms with van der Waals surface area (Å²) < 4.78 is 15.1. The fraction of sp³-hybridized carbons (Fsp3) is 0.375. The van der Waals surface area contributed by atoms with Crippen LogP contribution in [0.25, 0.3) is 5.82 Å². The number of likely N-dealkylation sites (tertiary alicyclic amines) is 1. The number of imidazole rings is 1. The molecule has 0 saturated carbocycles. The lowest BCUT2D eigenvalue weighted by Crippen LogP contribution is -2.38. The molecule has 0 spiro atoms. The van der Waals surface area contributed by atoms with E-state index in [-0.39, 0.29) is 11.7 Å². The molecule has 0 radical (unpaired) electrons. The number of rotatable bonds is 6. The molecule has 1 aliphatic rings. The number of pyridine rings is 1. The Hall–Kier alpha value is -3.02. The van der Waals surface area contributed by atoms with E-state index >= 15 is 0 Å². The predicted octanol–water partition coefficient (Wildman–Crippen LogP) is 4.31. The zero-order chi connectivity index (χ0) is 20.9. The molecule has 30 heavy (non-hydrogen) atoms. The van der Waals surface area contributed by atoms with Crippen LogP contribution < -0.4 is 0 Å². The third-order valence-electron chi connectivity index (χ3n) is 5.84. The molecule has 1 aromatic carbocycles. The van der Waals surface area contributed by atoms with Crippen LogP contribution in [-0.2, 0) is 17.6 Å². The number of carbonyl (C=O) groups is 1. The molecule has 3 heterocycles. The van der Waals surface area contributed by atoms with Gasteiger partial charge in [-0.15, -0.1) is 0 Å². The molecule has 5 nitrogen and oxygen atoms in total. The largest absolute Gasteiger partial charge is 0.343 e. The van der Waals surface area contributed by atoms with Gasteiger partial charge in [0.15, 0.2) is 0 Å². The lowest BCUT2D eigenvalue weighted by atomic mass is 9.92. The van der Waals surface area contributed by atoms with Crippen LogP contribution in [-0.4, -0.2) is 38.4 Å². The first-order valence-electron chi connectivity index (χ1n) is 10.7. The molecule has 0 bridgehead atoms. The van der Waals surface area contributed by atoms with Crippen molar-refractivity contribution < 1.29 is 9.18 Å². The molecule has 0 unspecified atom stereocenters. The Balaban J connectivity index is 1.33. The second kappa shape index (κ2) is 9.20. The van der Waals surface area contributed by atoms with Gasteiger partial charge in [0.1, 0.15) is 17.5 Å². The number of aromatic nitrogens is 3. The van der Waals surface area contributed by atoms with Gasteiger partial charge in [-0.2, -0.15) is 0 Å². The molecule has 3 aromatic rings. The molecule has 1 saturated heterocycles. The van der Waals surface area contributed by atoms with Gasteiger partial charge in [-0.25, -0.2) is 14.4 Å². The molecule has 1 amide bonds. The summed E-state index contributed by atoms with van der Waals surface area (Å²) in [6, 6.07) is 12.5. The predicted molar refractivity (Wildman–Crippen MR) is 114 cm³/mol. The van der Waals surface area contributed by atoms with Crippen LogP contribution in [0.2, 0.25) is 0 Å². The highest BCUT2D eigenvalue weighted by Crippen LogP contribution is 2.28. The van der Waals surface area contributed by atoms with Crippen molar-refractivity contribution in [2.45, 2.75) is 44.9 Å². The lowest BCUT2D eigenvalue weighted by molar-refractivity contribution is -0.132. The van der Waals surface area contributed by atoms with Crippen LogP contribution in [0.1, 0.15) is 49.2 Å². The van der Waals surface area contributed by atoms with Crippen molar-refractivity contribution in [3.05, 3.63) is 77.8 Å². The van der Waals surface area contributed by atoms with Crippen molar-refractivity contribution >= 4 is 5.91 Å². The topological polar surface area (TPSA) is 51.0 Å². The van der Waals surface area contributed by atoms with Crippen LogP contribution in [0.3, 0.4) is 0 Å². The number of hydrogen-bond acceptors (Lipinski definition) is 3. The zero-order valence-electron chi connectivity index (χ0n) is 17.3. The van der Waals surface area contributed by atoms with E-state index in [9.17, 15) is 9.18 Å². The van der Waals surface area contributed by atoms with Gasteiger partial charge in [-0.05, 0) is 49.1 Å². The van der Waals surface area contributed by atoms with Gasteiger partial charge < -0.3 is 4.90 Å². The van der Waals surface area contributed by atoms with Gasteiger partial charge in [0.2, 0.25) is 5.91 Å². The Morgan fingerprint density at radius 2 is 1.90 bits per heavy atom. The molecule has 1 aliphatic heterocycles. The van der Waals surface area contributed by atoms with Crippen LogP contribution in [0.4, 0.5) is 4.39 Å². The number of nitrogens with zero attached hydrogens (tertiary/aromatic N) is 4. The molecule has 4 rings (SSSR count). The first-order valence-corrected chi connectivity index (χ1v) is 10.7. The van der Waals surface area contributed by atoms with Crippen molar-refractivity contribution in [2.75, 3.05) is 13.1 Å². The van der Waals surface area contributed by atoms with Crippen LogP contribution >= 0.6 is 0 Å². The number of aryl methyl sites for hydroxylation is 2. The minimum absolute atomic E-state index is 0.172. The van der Waals surface area contributed by atoms with Crippen molar-refractivity contribution in [3.8, 4) is 5.82 Å². The molecule has 0 N–H and O–H groups in total. The first-order chi connectivity index (χ1) is 14.6. The van der Waals surface area contributed by atoms with Gasteiger partial charge in [-0.1, -0.05) is 25.1 Å². The SMILES string of the molecule is CCc1nccn1-c1cccc(C2CCN(C(=O)CCc3ccc(F)cc3)CC2)n1. The quantitative estimate of drug-likeness (QED) is 0.613. The fourth-order valence-corrected chi connectivity index (χ4v) is 4.09. The minimum atomic E-state index is -0.246. The van der Waals surface area contributed by atoms with Crippen molar-refractivity contribution in [1.82, 2.24) is 19.4 Å². The van der Waals surface area contributed by atoms with Crippen LogP contribution in [0.5, 0.6) is 0 Å². The molecule has 156 valence electrons. The molecule has 0 atom stereocenters. The van der Waals surface area contributed by atoms with E-state index in [1.54, 1.807) is 12.1 Å². The maximum Gasteiger partial charge on any atom is 0.222 e. The van der Waals surface area contributed by atoms with Crippen molar-refractivity contribution in [2.24, 2.45) is 0 Å². The highest BCUT2D eigenvalue weighted by Gasteiger charge is 2.24. The lowest BCUT2D eigenvalue weighted by Gasteiger charge is -2.32. The van der Waals surface area contributed by atoms with E-state index in [4.69, 9.17) is 4.98 Å². The molecular weight excluding hydrogens is 379 g/mol. The summed E-state index contributed by atoms with van der Waals surface area (Å²) in [5, 5.41) is 0. The second-order valence-electron chi connectivity index (χ2n) is 7.77. The average Bonchev–Trinajstić information content (AvgIpc) is 3.28. The minimum Gasteiger partial charge on any atom is -0.343 e. The summed E-state index contributed by atoms with van der Waals surface area (Å²) in [5.41, 5.74) is 2.08. The third kappa shape index (κ3) is 4.58. The van der Waals surface area contributed by atoms with E-state index in [0.29, 0.717) is 18.8 Å². The summed E-state index contributed by atoms with van der Waals surface area (Å²) in [7, 11) is 0. The van der Waals surface area contributed by atoms with E-state index in [1.165, 1.54) is 12.1 Å². The number of piperidine rings is 1. The summed E-state index contributed by atoms with van der Waals surface area (Å²) >= 11 is 0. The molecule has 2 aromatic heterocycles. The Morgan fingerprint density at radius 3 is 2.63 bits per heavy atom. The molecule has 0 aliphatic carbocycles. The van der Waals surface area contributed by atoms with Crippen molar-refractivity contribution in [1.29, 1.82) is 0 Å². The van der Waals surface area contributed by atoms with Gasteiger partial charge in [0.25, 0.3) is 0 Å². The van der Waals surface area contributed by atoms with E-state index in [2.05, 4.69) is 24.0 Å². The van der Waals surface area contributed by atoms with Crippen LogP contribution in [0.15, 0.2) is 54.9 Å². The Kier molecular flexibility index (Phi) is 6.21. The average molecular weight is 407 g/mol. The Bertz CT molecular complexity index is 990. The Labute approximate surface area is 176 Å². The maximum atomic E-state index is 13.0. The highest BCUT2D eigenvalue weighted by molar-refractivity contribution is 5.76. The van der Waals surface area contributed by atoms with E-state index in [1.807, 2.05) is 27.9 Å². The summed E-state index contributed by atoms with van der Waals surface area (Å²) in [5.74, 6) is 2.19. The smallest absolute Gasteiger partial charge is 0.222 e. The Morgan fingerprint density at radius 1 is 1.13 bits per heavy atom. The second-order valence-corrected chi connectivity index (χ2v) is 7.77. The number of benzene rings is 1. The van der Waals surface area contributed by atoms with Gasteiger partial charge in [0, 0.05) is 49.9 Å². The van der Waals surface area contributed by atoms with Crippen LogP contribution in [0, 0.1) is 5.82 Å². The van der Waals surface area contributed by atoms with E-state index < -0.39 is 0 Å². The highest BCUT2D eigenvalue weighted by atomic mass is 19.1. The number of amides is 1. The normalized spacial score (nSPS) is 14.8. The van der Waals surface area contributed by atoms with Gasteiger partial charge in [0.05, 0.1) is 0 Å². The number of halogens is 1. The summed E-state index contributed by atoms with van der Waals surface area (Å²) in [4.78, 5) is 23.8. The van der Waals surface area contributed by atoms with Gasteiger partial charge >= 0.3 is 0 Å². The molecular formula is C24H27FN4O.